The smallest absolute Gasteiger partial charge is 0.0624 e. The van der Waals surface area contributed by atoms with E-state index in [1.54, 1.807) is 0 Å². The summed E-state index contributed by atoms with van der Waals surface area (Å²) in [5.74, 6) is 0. The predicted molar refractivity (Wildman–Crippen MR) is 80.1 cm³/mol. The van der Waals surface area contributed by atoms with Crippen LogP contribution in [0.1, 0.15) is 22.3 Å². The molecule has 0 aliphatic rings. The molecule has 0 atom stereocenters. The summed E-state index contributed by atoms with van der Waals surface area (Å²) in [7, 11) is 0. The van der Waals surface area contributed by atoms with Gasteiger partial charge in [0.25, 0.3) is 0 Å². The maximum absolute atomic E-state index is 6.04. The Labute approximate surface area is 108 Å². The molecule has 4 N–H and O–H groups in total. The minimum Gasteiger partial charge on any atom is -0.397 e. The lowest BCUT2D eigenvalue weighted by molar-refractivity contribution is 1.33. The Balaban J connectivity index is 2.44. The molecule has 2 aromatic rings. The standard InChI is InChI=1S/C16H18N2/c1-11-10-15(17)16(18)14(12(11)2)9-8-13-6-4-3-5-7-13/h3-10H,17-18H2,1-2H3. The van der Waals surface area contributed by atoms with Crippen LogP contribution in [-0.2, 0) is 0 Å². The highest BCUT2D eigenvalue weighted by molar-refractivity contribution is 5.84. The lowest BCUT2D eigenvalue weighted by atomic mass is 9.99. The van der Waals surface area contributed by atoms with Crippen LogP contribution in [0.15, 0.2) is 36.4 Å². The van der Waals surface area contributed by atoms with Crippen LogP contribution in [0.5, 0.6) is 0 Å². The van der Waals surface area contributed by atoms with Gasteiger partial charge in [-0.2, -0.15) is 0 Å². The number of hydrogen-bond donors (Lipinski definition) is 2. The van der Waals surface area contributed by atoms with Gasteiger partial charge >= 0.3 is 0 Å². The maximum atomic E-state index is 6.04. The molecule has 0 aromatic heterocycles. The zero-order valence-corrected chi connectivity index (χ0v) is 10.8. The second-order valence-electron chi connectivity index (χ2n) is 4.48. The van der Waals surface area contributed by atoms with Crippen LogP contribution in [0.4, 0.5) is 11.4 Å². The fourth-order valence-corrected chi connectivity index (χ4v) is 1.95. The summed E-state index contributed by atoms with van der Waals surface area (Å²) in [5.41, 5.74) is 17.7. The number of aryl methyl sites for hydroxylation is 1. The van der Waals surface area contributed by atoms with Crippen molar-refractivity contribution < 1.29 is 0 Å². The molecule has 0 aliphatic heterocycles. The largest absolute Gasteiger partial charge is 0.397 e. The molecule has 2 heteroatoms. The molecular weight excluding hydrogens is 220 g/mol. The van der Waals surface area contributed by atoms with Crippen LogP contribution in [-0.4, -0.2) is 0 Å². The Morgan fingerprint density at radius 3 is 2.28 bits per heavy atom. The quantitative estimate of drug-likeness (QED) is 0.620. The third-order valence-corrected chi connectivity index (χ3v) is 3.21. The first kappa shape index (κ1) is 12.2. The number of hydrogen-bond acceptors (Lipinski definition) is 2. The third kappa shape index (κ3) is 2.38. The molecule has 2 rings (SSSR count). The lowest BCUT2D eigenvalue weighted by Crippen LogP contribution is -2.01. The van der Waals surface area contributed by atoms with Gasteiger partial charge in [-0.25, -0.2) is 0 Å². The van der Waals surface area contributed by atoms with Gasteiger partial charge in [-0.15, -0.1) is 0 Å². The van der Waals surface area contributed by atoms with Crippen molar-refractivity contribution in [2.24, 2.45) is 0 Å². The number of rotatable bonds is 2. The summed E-state index contributed by atoms with van der Waals surface area (Å²) in [4.78, 5) is 0. The summed E-state index contributed by atoms with van der Waals surface area (Å²) in [6.45, 7) is 4.11. The van der Waals surface area contributed by atoms with Gasteiger partial charge in [0.15, 0.2) is 0 Å². The van der Waals surface area contributed by atoms with Gasteiger partial charge in [0.2, 0.25) is 0 Å². The Hall–Kier alpha value is -2.22. The highest BCUT2D eigenvalue weighted by Gasteiger charge is 2.06. The molecule has 0 fully saturated rings. The van der Waals surface area contributed by atoms with Crippen LogP contribution in [0.2, 0.25) is 0 Å². The first-order valence-electron chi connectivity index (χ1n) is 5.98. The van der Waals surface area contributed by atoms with E-state index in [2.05, 4.69) is 25.1 Å². The van der Waals surface area contributed by atoms with Crippen molar-refractivity contribution in [1.29, 1.82) is 0 Å². The number of nitrogen functional groups attached to an aromatic ring is 2. The summed E-state index contributed by atoms with van der Waals surface area (Å²) < 4.78 is 0. The van der Waals surface area contributed by atoms with E-state index in [1.165, 1.54) is 5.56 Å². The Kier molecular flexibility index (Phi) is 3.38. The molecule has 2 nitrogen and oxygen atoms in total. The molecular formula is C16H18N2. The maximum Gasteiger partial charge on any atom is 0.0624 e. The first-order valence-corrected chi connectivity index (χ1v) is 5.98. The summed E-state index contributed by atoms with van der Waals surface area (Å²) in [6.07, 6.45) is 4.08. The molecule has 0 saturated carbocycles. The fourth-order valence-electron chi connectivity index (χ4n) is 1.95. The minimum absolute atomic E-state index is 0.644. The van der Waals surface area contributed by atoms with E-state index < -0.39 is 0 Å². The van der Waals surface area contributed by atoms with E-state index in [-0.39, 0.29) is 0 Å². The topological polar surface area (TPSA) is 52.0 Å². The molecule has 2 aromatic carbocycles. The molecule has 0 heterocycles. The Morgan fingerprint density at radius 2 is 1.61 bits per heavy atom. The van der Waals surface area contributed by atoms with Gasteiger partial charge in [0.05, 0.1) is 11.4 Å². The number of anilines is 2. The fraction of sp³-hybridized carbons (Fsp3) is 0.125. The zero-order valence-electron chi connectivity index (χ0n) is 10.8. The average Bonchev–Trinajstić information content (AvgIpc) is 2.38. The van der Waals surface area contributed by atoms with E-state index in [0.29, 0.717) is 11.4 Å². The molecule has 92 valence electrons. The van der Waals surface area contributed by atoms with Gasteiger partial charge < -0.3 is 11.5 Å². The zero-order chi connectivity index (χ0) is 13.1. The normalized spacial score (nSPS) is 11.0. The van der Waals surface area contributed by atoms with Crippen molar-refractivity contribution in [2.75, 3.05) is 11.5 Å². The number of nitrogens with two attached hydrogens (primary N) is 2. The highest BCUT2D eigenvalue weighted by atomic mass is 14.7. The van der Waals surface area contributed by atoms with E-state index in [4.69, 9.17) is 11.5 Å². The summed E-state index contributed by atoms with van der Waals surface area (Å²) in [6, 6.07) is 12.1. The lowest BCUT2D eigenvalue weighted by Gasteiger charge is -2.11. The minimum atomic E-state index is 0.644. The number of benzene rings is 2. The van der Waals surface area contributed by atoms with Crippen LogP contribution in [0.25, 0.3) is 12.2 Å². The molecule has 0 bridgehead atoms. The molecule has 0 saturated heterocycles. The summed E-state index contributed by atoms with van der Waals surface area (Å²) in [5, 5.41) is 0. The molecule has 0 aliphatic carbocycles. The van der Waals surface area contributed by atoms with Crippen molar-refractivity contribution in [3.05, 3.63) is 58.7 Å². The molecule has 0 spiro atoms. The van der Waals surface area contributed by atoms with Crippen LogP contribution in [0.3, 0.4) is 0 Å². The molecule has 18 heavy (non-hydrogen) atoms. The third-order valence-electron chi connectivity index (χ3n) is 3.21. The monoisotopic (exact) mass is 238 g/mol. The van der Waals surface area contributed by atoms with Crippen molar-refractivity contribution >= 4 is 23.5 Å². The summed E-state index contributed by atoms with van der Waals surface area (Å²) >= 11 is 0. The second kappa shape index (κ2) is 4.96. The highest BCUT2D eigenvalue weighted by Crippen LogP contribution is 2.28. The Bertz CT molecular complexity index is 558. The molecule has 0 unspecified atom stereocenters. The SMILES string of the molecule is Cc1cc(N)c(N)c(C=Cc2ccccc2)c1C. The van der Waals surface area contributed by atoms with Crippen LogP contribution < -0.4 is 11.5 Å². The average molecular weight is 238 g/mol. The van der Waals surface area contributed by atoms with Crippen molar-refractivity contribution in [2.45, 2.75) is 13.8 Å². The van der Waals surface area contributed by atoms with Gasteiger partial charge in [0, 0.05) is 5.56 Å². The molecule has 0 radical (unpaired) electrons. The van der Waals surface area contributed by atoms with Crippen molar-refractivity contribution in [3.8, 4) is 0 Å². The molecule has 0 amide bonds. The van der Waals surface area contributed by atoms with E-state index in [0.717, 1.165) is 16.7 Å². The van der Waals surface area contributed by atoms with Gasteiger partial charge in [-0.05, 0) is 36.6 Å². The predicted octanol–water partition coefficient (Wildman–Crippen LogP) is 3.64. The van der Waals surface area contributed by atoms with Crippen molar-refractivity contribution in [1.82, 2.24) is 0 Å². The van der Waals surface area contributed by atoms with E-state index in [1.807, 2.05) is 37.3 Å². The van der Waals surface area contributed by atoms with E-state index in [9.17, 15) is 0 Å². The van der Waals surface area contributed by atoms with Gasteiger partial charge in [-0.1, -0.05) is 42.5 Å². The Morgan fingerprint density at radius 1 is 0.944 bits per heavy atom. The van der Waals surface area contributed by atoms with Crippen LogP contribution in [0, 0.1) is 13.8 Å². The van der Waals surface area contributed by atoms with Crippen molar-refractivity contribution in [3.63, 3.8) is 0 Å². The van der Waals surface area contributed by atoms with E-state index >= 15 is 0 Å². The second-order valence-corrected chi connectivity index (χ2v) is 4.48. The van der Waals surface area contributed by atoms with Gasteiger partial charge in [0.1, 0.15) is 0 Å². The van der Waals surface area contributed by atoms with Gasteiger partial charge in [-0.3, -0.25) is 0 Å². The van der Waals surface area contributed by atoms with Crippen LogP contribution >= 0.6 is 0 Å². The first-order chi connectivity index (χ1) is 8.59.